The summed E-state index contributed by atoms with van der Waals surface area (Å²) in [4.78, 5) is 2.19. The van der Waals surface area contributed by atoms with Crippen LogP contribution in [0.3, 0.4) is 0 Å². The summed E-state index contributed by atoms with van der Waals surface area (Å²) in [5, 5.41) is 3.33. The number of hydrogen-bond donors (Lipinski definition) is 1. The Hall–Kier alpha value is -1.74. The number of nitrogens with one attached hydrogen (secondary N) is 1. The van der Waals surface area contributed by atoms with Gasteiger partial charge in [0.05, 0.1) is 6.54 Å². The maximum atomic E-state index is 5.82. The third kappa shape index (κ3) is 3.61. The van der Waals surface area contributed by atoms with Crippen LogP contribution in [0.2, 0.25) is 0 Å². The van der Waals surface area contributed by atoms with Crippen molar-refractivity contribution in [2.45, 2.75) is 26.9 Å². The van der Waals surface area contributed by atoms with E-state index in [-0.39, 0.29) is 0 Å². The van der Waals surface area contributed by atoms with Crippen molar-refractivity contribution in [1.29, 1.82) is 0 Å². The van der Waals surface area contributed by atoms with Crippen LogP contribution in [0, 0.1) is 6.92 Å². The molecule has 102 valence electrons. The molecule has 0 saturated heterocycles. The summed E-state index contributed by atoms with van der Waals surface area (Å²) in [6.07, 6.45) is 0. The van der Waals surface area contributed by atoms with Crippen LogP contribution in [-0.4, -0.2) is 13.6 Å². The fourth-order valence-electron chi connectivity index (χ4n) is 2.11. The molecular formula is C16H22N2O. The molecule has 0 aliphatic rings. The van der Waals surface area contributed by atoms with E-state index in [0.29, 0.717) is 0 Å². The third-order valence-electron chi connectivity index (χ3n) is 3.23. The number of para-hydroxylation sites is 1. The van der Waals surface area contributed by atoms with Crippen LogP contribution < -0.4 is 10.2 Å². The highest BCUT2D eigenvalue weighted by molar-refractivity contribution is 5.45. The largest absolute Gasteiger partial charge is 0.464 e. The van der Waals surface area contributed by atoms with E-state index in [9.17, 15) is 0 Å². The molecule has 0 atom stereocenters. The minimum Gasteiger partial charge on any atom is -0.464 e. The van der Waals surface area contributed by atoms with Gasteiger partial charge in [0.15, 0.2) is 0 Å². The average Bonchev–Trinajstić information content (AvgIpc) is 2.77. The lowest BCUT2D eigenvalue weighted by Gasteiger charge is -2.17. The van der Waals surface area contributed by atoms with Gasteiger partial charge in [-0.2, -0.15) is 0 Å². The molecule has 1 N–H and O–H groups in total. The zero-order chi connectivity index (χ0) is 13.7. The summed E-state index contributed by atoms with van der Waals surface area (Å²) < 4.78 is 5.82. The molecule has 0 radical (unpaired) electrons. The second-order valence-electron chi connectivity index (χ2n) is 4.77. The lowest BCUT2D eigenvalue weighted by molar-refractivity contribution is 0.478. The molecule has 1 aromatic carbocycles. The van der Waals surface area contributed by atoms with Gasteiger partial charge in [0.2, 0.25) is 0 Å². The summed E-state index contributed by atoms with van der Waals surface area (Å²) >= 11 is 0. The Bertz CT molecular complexity index is 505. The number of benzene rings is 1. The SMILES string of the molecule is CCNCc1cc(CN(C)c2ccccc2)oc1C. The Morgan fingerprint density at radius 1 is 1.21 bits per heavy atom. The fourth-order valence-corrected chi connectivity index (χ4v) is 2.11. The molecule has 0 aliphatic carbocycles. The summed E-state index contributed by atoms with van der Waals surface area (Å²) in [6, 6.07) is 12.5. The summed E-state index contributed by atoms with van der Waals surface area (Å²) in [5.41, 5.74) is 2.45. The number of aryl methyl sites for hydroxylation is 1. The molecule has 2 aromatic rings. The lowest BCUT2D eigenvalue weighted by atomic mass is 10.2. The molecule has 0 bridgehead atoms. The number of furan rings is 1. The molecule has 3 nitrogen and oxygen atoms in total. The molecule has 0 fully saturated rings. The van der Waals surface area contributed by atoms with Crippen molar-refractivity contribution >= 4 is 5.69 Å². The molecule has 1 aromatic heterocycles. The maximum Gasteiger partial charge on any atom is 0.123 e. The molecule has 0 saturated carbocycles. The van der Waals surface area contributed by atoms with Crippen molar-refractivity contribution < 1.29 is 4.42 Å². The van der Waals surface area contributed by atoms with Gasteiger partial charge in [-0.1, -0.05) is 25.1 Å². The number of rotatable bonds is 6. The average molecular weight is 258 g/mol. The lowest BCUT2D eigenvalue weighted by Crippen LogP contribution is -2.15. The second kappa shape index (κ2) is 6.43. The van der Waals surface area contributed by atoms with Gasteiger partial charge < -0.3 is 14.6 Å². The summed E-state index contributed by atoms with van der Waals surface area (Å²) in [6.45, 7) is 6.78. The van der Waals surface area contributed by atoms with Crippen LogP contribution in [0.25, 0.3) is 0 Å². The first-order valence-corrected chi connectivity index (χ1v) is 6.75. The highest BCUT2D eigenvalue weighted by Crippen LogP contribution is 2.19. The van der Waals surface area contributed by atoms with E-state index in [1.54, 1.807) is 0 Å². The monoisotopic (exact) mass is 258 g/mol. The zero-order valence-corrected chi connectivity index (χ0v) is 11.9. The fraction of sp³-hybridized carbons (Fsp3) is 0.375. The van der Waals surface area contributed by atoms with Gasteiger partial charge in [0.1, 0.15) is 11.5 Å². The van der Waals surface area contributed by atoms with Crippen LogP contribution in [0.5, 0.6) is 0 Å². The van der Waals surface area contributed by atoms with E-state index in [1.165, 1.54) is 11.3 Å². The molecule has 0 amide bonds. The van der Waals surface area contributed by atoms with Crippen LogP contribution in [0.15, 0.2) is 40.8 Å². The Balaban J connectivity index is 2.03. The van der Waals surface area contributed by atoms with Crippen molar-refractivity contribution in [2.75, 3.05) is 18.5 Å². The predicted octanol–water partition coefficient (Wildman–Crippen LogP) is 3.33. The van der Waals surface area contributed by atoms with Gasteiger partial charge in [-0.3, -0.25) is 0 Å². The Morgan fingerprint density at radius 3 is 2.63 bits per heavy atom. The number of nitrogens with zero attached hydrogens (tertiary/aromatic N) is 1. The minimum atomic E-state index is 0.789. The van der Waals surface area contributed by atoms with E-state index in [0.717, 1.165) is 31.2 Å². The quantitative estimate of drug-likeness (QED) is 0.861. The molecule has 2 rings (SSSR count). The Morgan fingerprint density at radius 2 is 1.95 bits per heavy atom. The van der Waals surface area contributed by atoms with E-state index < -0.39 is 0 Å². The zero-order valence-electron chi connectivity index (χ0n) is 11.9. The first-order chi connectivity index (χ1) is 9.20. The Kier molecular flexibility index (Phi) is 4.63. The molecule has 0 aliphatic heterocycles. The smallest absolute Gasteiger partial charge is 0.123 e. The van der Waals surface area contributed by atoms with Gasteiger partial charge in [-0.25, -0.2) is 0 Å². The van der Waals surface area contributed by atoms with Gasteiger partial charge >= 0.3 is 0 Å². The molecule has 1 heterocycles. The van der Waals surface area contributed by atoms with E-state index in [1.807, 2.05) is 13.0 Å². The highest BCUT2D eigenvalue weighted by Gasteiger charge is 2.09. The first-order valence-electron chi connectivity index (χ1n) is 6.75. The van der Waals surface area contributed by atoms with Crippen LogP contribution >= 0.6 is 0 Å². The maximum absolute atomic E-state index is 5.82. The van der Waals surface area contributed by atoms with Crippen molar-refractivity contribution in [3.8, 4) is 0 Å². The minimum absolute atomic E-state index is 0.789. The Labute approximate surface area is 115 Å². The van der Waals surface area contributed by atoms with Crippen LogP contribution in [-0.2, 0) is 13.1 Å². The normalized spacial score (nSPS) is 10.7. The third-order valence-corrected chi connectivity index (χ3v) is 3.23. The van der Waals surface area contributed by atoms with Crippen LogP contribution in [0.1, 0.15) is 24.0 Å². The molecule has 3 heteroatoms. The molecular weight excluding hydrogens is 236 g/mol. The topological polar surface area (TPSA) is 28.4 Å². The standard InChI is InChI=1S/C16H22N2O/c1-4-17-11-14-10-16(19-13(14)2)12-18(3)15-8-6-5-7-9-15/h5-10,17H,4,11-12H2,1-3H3. The van der Waals surface area contributed by atoms with E-state index in [4.69, 9.17) is 4.42 Å². The van der Waals surface area contributed by atoms with Gasteiger partial charge in [0.25, 0.3) is 0 Å². The second-order valence-corrected chi connectivity index (χ2v) is 4.77. The predicted molar refractivity (Wildman–Crippen MR) is 79.4 cm³/mol. The first kappa shape index (κ1) is 13.7. The van der Waals surface area contributed by atoms with Gasteiger partial charge in [-0.05, 0) is 31.7 Å². The van der Waals surface area contributed by atoms with Gasteiger partial charge in [0, 0.05) is 24.8 Å². The molecule has 0 unspecified atom stereocenters. The summed E-state index contributed by atoms with van der Waals surface area (Å²) in [5.74, 6) is 2.02. The number of hydrogen-bond acceptors (Lipinski definition) is 3. The van der Waals surface area contributed by atoms with Crippen molar-refractivity contribution in [1.82, 2.24) is 5.32 Å². The van der Waals surface area contributed by atoms with Crippen molar-refractivity contribution in [3.05, 3.63) is 53.5 Å². The van der Waals surface area contributed by atoms with E-state index in [2.05, 4.69) is 54.5 Å². The van der Waals surface area contributed by atoms with Crippen molar-refractivity contribution in [2.24, 2.45) is 0 Å². The highest BCUT2D eigenvalue weighted by atomic mass is 16.3. The molecule has 0 spiro atoms. The van der Waals surface area contributed by atoms with E-state index >= 15 is 0 Å². The van der Waals surface area contributed by atoms with Gasteiger partial charge in [-0.15, -0.1) is 0 Å². The number of anilines is 1. The van der Waals surface area contributed by atoms with Crippen LogP contribution in [0.4, 0.5) is 5.69 Å². The summed E-state index contributed by atoms with van der Waals surface area (Å²) in [7, 11) is 2.08. The van der Waals surface area contributed by atoms with Crippen molar-refractivity contribution in [3.63, 3.8) is 0 Å². The molecule has 19 heavy (non-hydrogen) atoms.